The van der Waals surface area contributed by atoms with Crippen LogP contribution in [0.25, 0.3) is 22.0 Å². The minimum absolute atomic E-state index is 0.00860. The van der Waals surface area contributed by atoms with Crippen LogP contribution in [0.3, 0.4) is 0 Å². The third kappa shape index (κ3) is 10.1. The number of carbonyl (C=O) groups excluding carboxylic acids is 1. The maximum atomic E-state index is 15.3. The molecule has 0 aliphatic heterocycles. The molecule has 2 aromatic carbocycles. The molecule has 3 atom stereocenters. The predicted octanol–water partition coefficient (Wildman–Crippen LogP) is 9.71. The zero-order valence-corrected chi connectivity index (χ0v) is 34.9. The highest BCUT2D eigenvalue weighted by atomic mass is 35.5. The Labute approximate surface area is 353 Å². The molecule has 22 heteroatoms. The van der Waals surface area contributed by atoms with E-state index >= 15 is 8.78 Å². The summed E-state index contributed by atoms with van der Waals surface area (Å²) in [7, 11) is -1.85. The molecule has 1 amide bonds. The maximum absolute atomic E-state index is 15.3. The second kappa shape index (κ2) is 16.8. The van der Waals surface area contributed by atoms with Crippen LogP contribution in [0.1, 0.15) is 73.1 Å². The van der Waals surface area contributed by atoms with Gasteiger partial charge in [0.05, 0.1) is 32.4 Å². The van der Waals surface area contributed by atoms with E-state index < -0.39 is 106 Å². The number of fused-ring (bicyclic) bond motifs is 2. The fourth-order valence-electron chi connectivity index (χ4n) is 7.09. The van der Waals surface area contributed by atoms with Gasteiger partial charge in [-0.3, -0.25) is 18.9 Å². The molecule has 1 aliphatic carbocycles. The molecule has 0 saturated carbocycles. The molecule has 0 fully saturated rings. The molecule has 3 aromatic heterocycles. The highest BCUT2D eigenvalue weighted by Gasteiger charge is 2.53. The van der Waals surface area contributed by atoms with E-state index in [-0.39, 0.29) is 54.5 Å². The number of hydrogen-bond acceptors (Lipinski definition) is 6. The SMILES string of the molecule is CSC(C)(C)C#Cc1ccc(-c2ccc(Cl)c3c(NS(C)=O)nn(CC(F)(F)F)c23)c(C(Cc2cc(F)cc(F)c2)NC(=O)Cn2nc(C(F)(F)F)c3c2C(F)(F)C[C@@H]3C)n1. The van der Waals surface area contributed by atoms with Gasteiger partial charge in [0, 0.05) is 35.4 Å². The lowest BCUT2D eigenvalue weighted by molar-refractivity contribution is -0.143. The molecule has 2 unspecified atom stereocenters. The molecule has 6 rings (SSSR count). The van der Waals surface area contributed by atoms with Gasteiger partial charge >= 0.3 is 12.4 Å². The summed E-state index contributed by atoms with van der Waals surface area (Å²) in [5.74, 6) is -2.66. The Morgan fingerprint density at radius 2 is 1.69 bits per heavy atom. The molecular formula is C39H34ClF10N7O2S2. The summed E-state index contributed by atoms with van der Waals surface area (Å²) >= 11 is 7.92. The number of aromatic nitrogens is 5. The van der Waals surface area contributed by atoms with E-state index in [1.807, 2.05) is 13.8 Å². The van der Waals surface area contributed by atoms with Crippen molar-refractivity contribution in [3.8, 4) is 23.0 Å². The zero-order chi connectivity index (χ0) is 45.0. The van der Waals surface area contributed by atoms with Gasteiger partial charge in [-0.15, -0.1) is 11.8 Å². The molecule has 326 valence electrons. The Morgan fingerprint density at radius 1 is 1.03 bits per heavy atom. The van der Waals surface area contributed by atoms with E-state index in [9.17, 15) is 44.1 Å². The Kier molecular flexibility index (Phi) is 12.6. The summed E-state index contributed by atoms with van der Waals surface area (Å²) in [6.45, 7) is 1.95. The number of hydrogen-bond donors (Lipinski definition) is 2. The number of carbonyl (C=O) groups is 1. The average molecular weight is 922 g/mol. The first-order valence-corrected chi connectivity index (χ1v) is 21.2. The lowest BCUT2D eigenvalue weighted by atomic mass is 9.93. The minimum Gasteiger partial charge on any atom is -0.346 e. The van der Waals surface area contributed by atoms with E-state index in [1.54, 1.807) is 6.26 Å². The summed E-state index contributed by atoms with van der Waals surface area (Å²) in [5.41, 5.74) is -3.94. The van der Waals surface area contributed by atoms with Crippen molar-refractivity contribution < 1.29 is 52.9 Å². The number of nitrogens with one attached hydrogen (secondary N) is 2. The summed E-state index contributed by atoms with van der Waals surface area (Å²) in [5, 5.41) is 9.76. The second-order valence-corrected chi connectivity index (χ2v) is 17.7. The first kappa shape index (κ1) is 45.7. The molecule has 0 spiro atoms. The van der Waals surface area contributed by atoms with E-state index in [2.05, 4.69) is 37.1 Å². The maximum Gasteiger partial charge on any atom is 0.435 e. The van der Waals surface area contributed by atoms with Crippen LogP contribution in [0.15, 0.2) is 42.5 Å². The number of pyridine rings is 1. The highest BCUT2D eigenvalue weighted by Crippen LogP contribution is 2.52. The van der Waals surface area contributed by atoms with Gasteiger partial charge in [-0.2, -0.15) is 45.3 Å². The van der Waals surface area contributed by atoms with Crippen LogP contribution in [-0.4, -0.2) is 58.1 Å². The molecule has 3 heterocycles. The van der Waals surface area contributed by atoms with Crippen molar-refractivity contribution in [3.05, 3.63) is 93.0 Å². The largest absolute Gasteiger partial charge is 0.435 e. The Hall–Kier alpha value is -4.81. The summed E-state index contributed by atoms with van der Waals surface area (Å²) in [4.78, 5) is 18.7. The van der Waals surface area contributed by atoms with Gasteiger partial charge in [-0.1, -0.05) is 30.5 Å². The molecule has 2 N–H and O–H groups in total. The van der Waals surface area contributed by atoms with E-state index in [0.717, 1.165) is 12.1 Å². The van der Waals surface area contributed by atoms with Crippen molar-refractivity contribution in [3.63, 3.8) is 0 Å². The van der Waals surface area contributed by atoms with Gasteiger partial charge in [0.1, 0.15) is 47.1 Å². The third-order valence-corrected chi connectivity index (χ3v) is 11.5. The van der Waals surface area contributed by atoms with Crippen LogP contribution in [-0.2, 0) is 47.4 Å². The Bertz CT molecular complexity index is 2590. The van der Waals surface area contributed by atoms with E-state index in [1.165, 1.54) is 49.2 Å². The molecule has 5 aromatic rings. The monoisotopic (exact) mass is 921 g/mol. The van der Waals surface area contributed by atoms with Crippen molar-refractivity contribution in [2.75, 3.05) is 17.2 Å². The summed E-state index contributed by atoms with van der Waals surface area (Å²) in [6.07, 6.45) is -8.48. The van der Waals surface area contributed by atoms with Crippen LogP contribution >= 0.6 is 23.4 Å². The number of benzene rings is 2. The van der Waals surface area contributed by atoms with Gasteiger partial charge < -0.3 is 5.32 Å². The minimum atomic E-state index is -5.15. The molecule has 9 nitrogen and oxygen atoms in total. The van der Waals surface area contributed by atoms with Crippen molar-refractivity contribution >= 4 is 57.0 Å². The quantitative estimate of drug-likeness (QED) is 0.101. The lowest BCUT2D eigenvalue weighted by Crippen LogP contribution is -2.35. The Balaban J connectivity index is 1.59. The standard InChI is InChI=1S/C39H34ClF10N7O2S2/c1-19-16-37(43,44)34-29(19)33(39(48,49)50)53-56(34)17-28(58)52-27(14-20-12-21(41)15-22(42)13-20)31-24(7-6-23(51-31)10-11-36(2,3)60-4)25-8-9-26(40)30-32(25)57(18-38(45,46)47)54-35(30)55-61(5)59/h6-9,12-13,15,19,27H,14,16-18H2,1-5H3,(H,52,58)(H,54,55)/t19-,27?,61?/m0/s1. The smallest absolute Gasteiger partial charge is 0.346 e. The van der Waals surface area contributed by atoms with Gasteiger partial charge in [0.2, 0.25) is 5.91 Å². The topological polar surface area (TPSA) is 107 Å². The molecule has 0 radical (unpaired) electrons. The van der Waals surface area contributed by atoms with Crippen molar-refractivity contribution in [2.45, 2.75) is 81.7 Å². The molecule has 1 aliphatic rings. The van der Waals surface area contributed by atoms with Gasteiger partial charge in [-0.25, -0.2) is 18.0 Å². The van der Waals surface area contributed by atoms with E-state index in [0.29, 0.717) is 10.7 Å². The summed E-state index contributed by atoms with van der Waals surface area (Å²) < 4.78 is 159. The summed E-state index contributed by atoms with van der Waals surface area (Å²) in [6, 6.07) is 6.35. The van der Waals surface area contributed by atoms with Crippen LogP contribution in [0.2, 0.25) is 5.02 Å². The molecule has 0 saturated heterocycles. The van der Waals surface area contributed by atoms with Gasteiger partial charge in [0.15, 0.2) is 11.5 Å². The number of amides is 1. The highest BCUT2D eigenvalue weighted by molar-refractivity contribution is 8.00. The number of thioether (sulfide) groups is 1. The first-order valence-electron chi connectivity index (χ1n) is 18.0. The fourth-order valence-corrected chi connectivity index (χ4v) is 7.90. The number of alkyl halides is 8. The van der Waals surface area contributed by atoms with Crippen molar-refractivity contribution in [1.82, 2.24) is 29.9 Å². The van der Waals surface area contributed by atoms with Crippen LogP contribution < -0.4 is 10.0 Å². The molecule has 0 bridgehead atoms. The number of rotatable bonds is 11. The number of anilines is 1. The zero-order valence-electron chi connectivity index (χ0n) is 32.6. The third-order valence-electron chi connectivity index (χ3n) is 9.61. The lowest BCUT2D eigenvalue weighted by Gasteiger charge is -2.23. The number of halogens is 11. The van der Waals surface area contributed by atoms with Crippen molar-refractivity contribution in [1.29, 1.82) is 0 Å². The van der Waals surface area contributed by atoms with Crippen LogP contribution in [0.5, 0.6) is 0 Å². The predicted molar refractivity (Wildman–Crippen MR) is 211 cm³/mol. The van der Waals surface area contributed by atoms with Crippen LogP contribution in [0.4, 0.5) is 49.7 Å². The second-order valence-electron chi connectivity index (χ2n) is 14.8. The van der Waals surface area contributed by atoms with Crippen LogP contribution in [0, 0.1) is 23.5 Å². The van der Waals surface area contributed by atoms with Crippen molar-refractivity contribution in [2.24, 2.45) is 0 Å². The van der Waals surface area contributed by atoms with Gasteiger partial charge in [0.25, 0.3) is 5.92 Å². The normalized spacial score (nSPS) is 16.2. The molecule has 61 heavy (non-hydrogen) atoms. The average Bonchev–Trinajstić information content (AvgIpc) is 3.76. The first-order chi connectivity index (χ1) is 28.3. The Morgan fingerprint density at radius 3 is 2.30 bits per heavy atom. The van der Waals surface area contributed by atoms with E-state index in [4.69, 9.17) is 11.6 Å². The molecular weight excluding hydrogens is 888 g/mol. The fraction of sp³-hybridized carbons (Fsp3) is 0.385. The van der Waals surface area contributed by atoms with Gasteiger partial charge in [-0.05, 0) is 74.3 Å². The number of nitrogens with zero attached hydrogens (tertiary/aromatic N) is 5.